The van der Waals surface area contributed by atoms with Crippen LogP contribution in [0.15, 0.2) is 194 Å². The third-order valence-electron chi connectivity index (χ3n) is 9.39. The molecule has 2 aromatic heterocycles. The van der Waals surface area contributed by atoms with Gasteiger partial charge < -0.3 is 9.30 Å². The molecule has 2 heteroatoms. The number of aromatic nitrogens is 1. The zero-order valence-electron chi connectivity index (χ0n) is 26.4. The molecule has 0 aliphatic carbocycles. The molecule has 0 atom stereocenters. The SMILES string of the molecule is c1ccc(-c2ccc(N(c3ccc(-c4ccccc4)cc3)c3cn4c5ccccc5c(-c5ccccc5)c4c4ccccc34)cc2)cc1. The number of hydrogen-bond donors (Lipinski definition) is 0. The Morgan fingerprint density at radius 2 is 0.750 bits per heavy atom. The average molecular weight is 613 g/mol. The Labute approximate surface area is 280 Å². The van der Waals surface area contributed by atoms with Gasteiger partial charge in [-0.1, -0.05) is 158 Å². The fourth-order valence-electron chi connectivity index (χ4n) is 7.14. The predicted molar refractivity (Wildman–Crippen MR) is 203 cm³/mol. The Morgan fingerprint density at radius 3 is 1.29 bits per heavy atom. The molecule has 0 aliphatic rings. The molecule has 0 amide bonds. The van der Waals surface area contributed by atoms with Crippen molar-refractivity contribution in [3.63, 3.8) is 0 Å². The summed E-state index contributed by atoms with van der Waals surface area (Å²) in [6.45, 7) is 0. The summed E-state index contributed by atoms with van der Waals surface area (Å²) in [5.74, 6) is 0. The van der Waals surface area contributed by atoms with Crippen LogP contribution in [0.5, 0.6) is 0 Å². The number of anilines is 3. The minimum absolute atomic E-state index is 1.10. The molecule has 226 valence electrons. The Morgan fingerprint density at radius 1 is 0.333 bits per heavy atom. The molecule has 0 bridgehead atoms. The van der Waals surface area contributed by atoms with E-state index in [1.165, 1.54) is 60.6 Å². The first-order valence-electron chi connectivity index (χ1n) is 16.4. The minimum atomic E-state index is 1.10. The molecule has 0 unspecified atom stereocenters. The minimum Gasteiger partial charge on any atom is -0.313 e. The maximum Gasteiger partial charge on any atom is 0.0707 e. The molecule has 0 saturated carbocycles. The molecule has 7 aromatic carbocycles. The second-order valence-corrected chi connectivity index (χ2v) is 12.2. The van der Waals surface area contributed by atoms with Crippen LogP contribution in [-0.2, 0) is 0 Å². The van der Waals surface area contributed by atoms with E-state index in [9.17, 15) is 0 Å². The molecular formula is C46H32N2. The lowest BCUT2D eigenvalue weighted by Gasteiger charge is -2.28. The Balaban J connectivity index is 1.31. The fraction of sp³-hybridized carbons (Fsp3) is 0. The predicted octanol–water partition coefficient (Wildman–Crippen LogP) is 12.7. The van der Waals surface area contributed by atoms with Gasteiger partial charge in [-0.05, 0) is 58.1 Å². The summed E-state index contributed by atoms with van der Waals surface area (Å²) in [6, 6.07) is 67.5. The summed E-state index contributed by atoms with van der Waals surface area (Å²) in [5.41, 5.74) is 13.0. The summed E-state index contributed by atoms with van der Waals surface area (Å²) in [6.07, 6.45) is 2.34. The topological polar surface area (TPSA) is 7.65 Å². The van der Waals surface area contributed by atoms with Crippen molar-refractivity contribution >= 4 is 44.3 Å². The fourth-order valence-corrected chi connectivity index (χ4v) is 7.14. The number of rotatable bonds is 6. The normalized spacial score (nSPS) is 11.3. The maximum atomic E-state index is 2.41. The van der Waals surface area contributed by atoms with Crippen LogP contribution in [0.2, 0.25) is 0 Å². The first kappa shape index (κ1) is 27.9. The average Bonchev–Trinajstić information content (AvgIpc) is 3.51. The van der Waals surface area contributed by atoms with Crippen molar-refractivity contribution in [3.05, 3.63) is 194 Å². The van der Waals surface area contributed by atoms with Crippen LogP contribution < -0.4 is 4.90 Å². The monoisotopic (exact) mass is 612 g/mol. The van der Waals surface area contributed by atoms with Gasteiger partial charge in [0, 0.05) is 39.3 Å². The van der Waals surface area contributed by atoms with Gasteiger partial charge in [-0.2, -0.15) is 0 Å². The van der Waals surface area contributed by atoms with Crippen molar-refractivity contribution in [2.24, 2.45) is 0 Å². The molecule has 2 nitrogen and oxygen atoms in total. The summed E-state index contributed by atoms with van der Waals surface area (Å²) >= 11 is 0. The second-order valence-electron chi connectivity index (χ2n) is 12.2. The quantitative estimate of drug-likeness (QED) is 0.181. The highest BCUT2D eigenvalue weighted by Gasteiger charge is 2.22. The van der Waals surface area contributed by atoms with Crippen LogP contribution in [0.25, 0.3) is 60.6 Å². The van der Waals surface area contributed by atoms with E-state index in [1.807, 2.05) is 0 Å². The highest BCUT2D eigenvalue weighted by atomic mass is 15.2. The summed E-state index contributed by atoms with van der Waals surface area (Å²) in [5, 5.41) is 3.66. The third kappa shape index (κ3) is 4.74. The van der Waals surface area contributed by atoms with Gasteiger partial charge in [0.15, 0.2) is 0 Å². The lowest BCUT2D eigenvalue weighted by Crippen LogP contribution is -2.11. The van der Waals surface area contributed by atoms with E-state index in [4.69, 9.17) is 0 Å². The van der Waals surface area contributed by atoms with Gasteiger partial charge in [-0.3, -0.25) is 0 Å². The van der Waals surface area contributed by atoms with E-state index in [0.717, 1.165) is 17.1 Å². The Bertz CT molecular complexity index is 2430. The van der Waals surface area contributed by atoms with E-state index in [2.05, 4.69) is 204 Å². The molecule has 0 N–H and O–H groups in total. The van der Waals surface area contributed by atoms with Gasteiger partial charge in [0.1, 0.15) is 0 Å². The van der Waals surface area contributed by atoms with Crippen molar-refractivity contribution in [1.82, 2.24) is 4.40 Å². The van der Waals surface area contributed by atoms with Crippen LogP contribution in [0.3, 0.4) is 0 Å². The van der Waals surface area contributed by atoms with Gasteiger partial charge in [-0.15, -0.1) is 0 Å². The highest BCUT2D eigenvalue weighted by molar-refractivity contribution is 6.17. The molecule has 2 heterocycles. The standard InChI is InChI=1S/C46H32N2/c1-4-14-33(15-5-1)35-24-28-38(29-25-35)48(39-30-26-36(27-31-39)34-16-6-2-7-17-34)44-32-47-43-23-13-12-22-42(43)45(37-18-8-3-9-19-37)46(47)41-21-11-10-20-40(41)44/h1-32H. The van der Waals surface area contributed by atoms with Gasteiger partial charge >= 0.3 is 0 Å². The number of hydrogen-bond acceptors (Lipinski definition) is 1. The second kappa shape index (κ2) is 11.8. The lowest BCUT2D eigenvalue weighted by atomic mass is 9.99. The molecule has 48 heavy (non-hydrogen) atoms. The number of fused-ring (bicyclic) bond motifs is 5. The van der Waals surface area contributed by atoms with Crippen molar-refractivity contribution < 1.29 is 0 Å². The van der Waals surface area contributed by atoms with Crippen molar-refractivity contribution in [3.8, 4) is 33.4 Å². The van der Waals surface area contributed by atoms with E-state index in [0.29, 0.717) is 0 Å². The van der Waals surface area contributed by atoms with Gasteiger partial charge in [0.25, 0.3) is 0 Å². The summed E-state index contributed by atoms with van der Waals surface area (Å²) in [7, 11) is 0. The van der Waals surface area contributed by atoms with E-state index >= 15 is 0 Å². The van der Waals surface area contributed by atoms with Gasteiger partial charge in [0.05, 0.1) is 16.7 Å². The van der Waals surface area contributed by atoms with Crippen LogP contribution in [0.1, 0.15) is 0 Å². The molecular weight excluding hydrogens is 581 g/mol. The number of nitrogens with zero attached hydrogens (tertiary/aromatic N) is 2. The third-order valence-corrected chi connectivity index (χ3v) is 9.39. The molecule has 0 spiro atoms. The number of benzene rings is 7. The molecule has 0 fully saturated rings. The first-order valence-corrected chi connectivity index (χ1v) is 16.4. The van der Waals surface area contributed by atoms with Crippen LogP contribution in [0, 0.1) is 0 Å². The van der Waals surface area contributed by atoms with Crippen molar-refractivity contribution in [2.45, 2.75) is 0 Å². The largest absolute Gasteiger partial charge is 0.313 e. The van der Waals surface area contributed by atoms with Crippen molar-refractivity contribution in [1.29, 1.82) is 0 Å². The van der Waals surface area contributed by atoms with Crippen LogP contribution in [-0.4, -0.2) is 4.40 Å². The highest BCUT2D eigenvalue weighted by Crippen LogP contribution is 2.45. The van der Waals surface area contributed by atoms with E-state index < -0.39 is 0 Å². The summed E-state index contributed by atoms with van der Waals surface area (Å²) in [4.78, 5) is 2.41. The lowest BCUT2D eigenvalue weighted by molar-refractivity contribution is 1.22. The number of pyridine rings is 1. The van der Waals surface area contributed by atoms with E-state index in [-0.39, 0.29) is 0 Å². The van der Waals surface area contributed by atoms with Gasteiger partial charge in [-0.25, -0.2) is 0 Å². The molecule has 0 radical (unpaired) electrons. The van der Waals surface area contributed by atoms with Crippen LogP contribution in [0.4, 0.5) is 17.1 Å². The summed E-state index contributed by atoms with van der Waals surface area (Å²) < 4.78 is 2.40. The molecule has 9 aromatic rings. The first-order chi connectivity index (χ1) is 23.8. The molecule has 0 saturated heterocycles. The zero-order valence-corrected chi connectivity index (χ0v) is 26.4. The molecule has 0 aliphatic heterocycles. The Hall–Kier alpha value is -6.38. The Kier molecular flexibility index (Phi) is 6.84. The van der Waals surface area contributed by atoms with Gasteiger partial charge in [0.2, 0.25) is 0 Å². The smallest absolute Gasteiger partial charge is 0.0707 e. The number of para-hydroxylation sites is 1. The zero-order chi connectivity index (χ0) is 31.9. The van der Waals surface area contributed by atoms with Crippen LogP contribution >= 0.6 is 0 Å². The van der Waals surface area contributed by atoms with E-state index in [1.54, 1.807) is 0 Å². The molecule has 9 rings (SSSR count). The van der Waals surface area contributed by atoms with Crippen molar-refractivity contribution in [2.75, 3.05) is 4.90 Å². The maximum absolute atomic E-state index is 2.41.